The second kappa shape index (κ2) is 6.92. The van der Waals surface area contributed by atoms with Crippen molar-refractivity contribution in [3.63, 3.8) is 0 Å². The molecule has 32 heavy (non-hydrogen) atoms. The van der Waals surface area contributed by atoms with E-state index >= 15 is 0 Å². The number of fused-ring (bicyclic) bond motifs is 7. The van der Waals surface area contributed by atoms with Crippen LogP contribution in [0.3, 0.4) is 0 Å². The van der Waals surface area contributed by atoms with E-state index in [4.69, 9.17) is 6.57 Å². The Labute approximate surface area is 191 Å². The van der Waals surface area contributed by atoms with E-state index in [2.05, 4.69) is 16.9 Å². The number of aromatic nitrogens is 2. The summed E-state index contributed by atoms with van der Waals surface area (Å²) >= 11 is 0. The summed E-state index contributed by atoms with van der Waals surface area (Å²) in [6.07, 6.45) is 11.3. The van der Waals surface area contributed by atoms with Crippen LogP contribution in [0.1, 0.15) is 70.8 Å². The van der Waals surface area contributed by atoms with Crippen molar-refractivity contribution in [1.29, 1.82) is 0 Å². The van der Waals surface area contributed by atoms with E-state index in [1.54, 1.807) is 4.68 Å². The minimum Gasteiger partial charge on any atom is -0.390 e. The van der Waals surface area contributed by atoms with Gasteiger partial charge in [-0.1, -0.05) is 13.5 Å². The molecular weight excluding hydrogens is 398 g/mol. The van der Waals surface area contributed by atoms with E-state index in [1.807, 2.05) is 20.0 Å². The molecule has 0 unspecified atom stereocenters. The Kier molecular flexibility index (Phi) is 4.52. The highest BCUT2D eigenvalue weighted by Crippen LogP contribution is 2.74. The highest BCUT2D eigenvalue weighted by Gasteiger charge is 2.70. The van der Waals surface area contributed by atoms with Crippen LogP contribution < -0.4 is 0 Å². The van der Waals surface area contributed by atoms with Gasteiger partial charge in [-0.25, -0.2) is 0 Å². The Bertz CT molecular complexity index is 990. The van der Waals surface area contributed by atoms with E-state index in [-0.39, 0.29) is 11.3 Å². The molecule has 5 saturated carbocycles. The number of ketones is 1. The van der Waals surface area contributed by atoms with Crippen molar-refractivity contribution in [3.8, 4) is 0 Å². The van der Waals surface area contributed by atoms with Crippen molar-refractivity contribution in [2.45, 2.75) is 84.3 Å². The Morgan fingerprint density at radius 2 is 1.94 bits per heavy atom. The molecule has 5 nitrogen and oxygen atoms in total. The molecule has 0 bridgehead atoms. The minimum atomic E-state index is -0.457. The molecule has 172 valence electrons. The number of hydrogen-bond acceptors (Lipinski definition) is 3. The van der Waals surface area contributed by atoms with Crippen molar-refractivity contribution in [1.82, 2.24) is 9.78 Å². The maximum Gasteiger partial charge on any atom is 0.298 e. The van der Waals surface area contributed by atoms with Crippen molar-refractivity contribution in [3.05, 3.63) is 23.2 Å². The Morgan fingerprint density at radius 1 is 1.16 bits per heavy atom. The number of aliphatic hydroxyl groups is 1. The molecule has 0 aromatic carbocycles. The summed E-state index contributed by atoms with van der Waals surface area (Å²) in [4.78, 5) is 17.1. The lowest BCUT2D eigenvalue weighted by atomic mass is 9.48. The first-order valence-electron chi connectivity index (χ1n) is 12.9. The van der Waals surface area contributed by atoms with Gasteiger partial charge >= 0.3 is 0 Å². The SMILES string of the molecule is [C-]#[N+]c1nn(CC(=O)[C@H]2[C@H]3C[C@H]3[C@H]3[C@@H]4CC[C@@H]5C[C@](C)(O)CC[C@@H]5[C@H]4CC[C@@]32C)cc1C. The summed E-state index contributed by atoms with van der Waals surface area (Å²) in [7, 11) is 0. The smallest absolute Gasteiger partial charge is 0.298 e. The van der Waals surface area contributed by atoms with E-state index in [0.29, 0.717) is 35.9 Å². The van der Waals surface area contributed by atoms with E-state index in [9.17, 15) is 9.90 Å². The molecule has 1 heterocycles. The van der Waals surface area contributed by atoms with Gasteiger partial charge in [-0.05, 0) is 123 Å². The van der Waals surface area contributed by atoms with Gasteiger partial charge in [0.15, 0.2) is 5.78 Å². The lowest BCUT2D eigenvalue weighted by molar-refractivity contribution is -0.136. The monoisotopic (exact) mass is 435 g/mol. The first-order chi connectivity index (χ1) is 15.2. The van der Waals surface area contributed by atoms with Crippen LogP contribution >= 0.6 is 0 Å². The Hall–Kier alpha value is -1.67. The van der Waals surface area contributed by atoms with Crippen LogP contribution in [0.15, 0.2) is 6.20 Å². The predicted octanol–water partition coefficient (Wildman–Crippen LogP) is 5.19. The number of hydrogen-bond donors (Lipinski definition) is 1. The average molecular weight is 436 g/mol. The zero-order valence-corrected chi connectivity index (χ0v) is 19.8. The number of carbonyl (C=O) groups excluding carboxylic acids is 1. The molecule has 10 atom stereocenters. The van der Waals surface area contributed by atoms with Gasteiger partial charge in [-0.15, -0.1) is 0 Å². The molecule has 5 aliphatic rings. The molecule has 0 saturated heterocycles. The molecule has 0 radical (unpaired) electrons. The summed E-state index contributed by atoms with van der Waals surface area (Å²) in [6, 6.07) is 0. The van der Waals surface area contributed by atoms with Crippen molar-refractivity contribution >= 4 is 11.6 Å². The van der Waals surface area contributed by atoms with Gasteiger partial charge in [0.05, 0.1) is 5.60 Å². The lowest BCUT2D eigenvalue weighted by Gasteiger charge is -2.57. The highest BCUT2D eigenvalue weighted by atomic mass is 16.3. The number of rotatable bonds is 3. The molecule has 0 amide bonds. The molecule has 0 spiro atoms. The minimum absolute atomic E-state index is 0.143. The molecule has 1 N–H and O–H groups in total. The summed E-state index contributed by atoms with van der Waals surface area (Å²) in [5, 5.41) is 15.0. The van der Waals surface area contributed by atoms with Crippen LogP contribution in [0, 0.1) is 66.3 Å². The Morgan fingerprint density at radius 3 is 2.69 bits per heavy atom. The van der Waals surface area contributed by atoms with Crippen molar-refractivity contribution in [2.24, 2.45) is 52.8 Å². The predicted molar refractivity (Wildman–Crippen MR) is 122 cm³/mol. The van der Waals surface area contributed by atoms with Crippen LogP contribution in [-0.4, -0.2) is 26.3 Å². The molecule has 5 heteroatoms. The number of Topliss-reactive ketones (excluding diaryl/α,β-unsaturated/α-hetero) is 1. The van der Waals surface area contributed by atoms with E-state index in [1.165, 1.54) is 38.5 Å². The third-order valence-electron chi connectivity index (χ3n) is 10.7. The summed E-state index contributed by atoms with van der Waals surface area (Å²) in [6.45, 7) is 14.0. The van der Waals surface area contributed by atoms with Crippen LogP contribution in [-0.2, 0) is 11.3 Å². The van der Waals surface area contributed by atoms with E-state index in [0.717, 1.165) is 42.1 Å². The van der Waals surface area contributed by atoms with Gasteiger partial charge in [0, 0.05) is 12.1 Å². The normalized spacial score (nSPS) is 48.7. The van der Waals surface area contributed by atoms with Gasteiger partial charge in [0.2, 0.25) is 0 Å². The zero-order chi connectivity index (χ0) is 22.4. The molecule has 1 aromatic heterocycles. The maximum absolute atomic E-state index is 13.6. The number of nitrogens with zero attached hydrogens (tertiary/aromatic N) is 3. The lowest BCUT2D eigenvalue weighted by Crippen LogP contribution is -2.52. The fourth-order valence-electron chi connectivity index (χ4n) is 9.61. The van der Waals surface area contributed by atoms with Gasteiger partial charge in [-0.2, -0.15) is 4.68 Å². The second-order valence-electron chi connectivity index (χ2n) is 12.6. The van der Waals surface area contributed by atoms with Gasteiger partial charge in [0.25, 0.3) is 5.82 Å². The van der Waals surface area contributed by atoms with Crippen LogP contribution in [0.4, 0.5) is 5.82 Å². The molecule has 1 aromatic rings. The number of carbonyl (C=O) groups is 1. The topological polar surface area (TPSA) is 59.5 Å². The quantitative estimate of drug-likeness (QED) is 0.665. The van der Waals surface area contributed by atoms with Crippen molar-refractivity contribution in [2.75, 3.05) is 0 Å². The van der Waals surface area contributed by atoms with Crippen LogP contribution in [0.2, 0.25) is 0 Å². The molecule has 0 aliphatic heterocycles. The van der Waals surface area contributed by atoms with Crippen molar-refractivity contribution < 1.29 is 9.90 Å². The third-order valence-corrected chi connectivity index (χ3v) is 10.7. The standard InChI is InChI=1S/C27H37N3O2/c1-15-13-30(29-25(15)28-4)14-22(31)24-21-11-20(21)23-19-6-5-16-12-26(2,32)9-7-17(16)18(19)8-10-27(23,24)3/h13,16-21,23-24,32H,5-12,14H2,1-3H3/t16-,17+,18-,19-,20-,21+,23-,24-,26-,27+/m1/s1. The average Bonchev–Trinajstić information content (AvgIpc) is 3.32. The number of aryl methyl sites for hydroxylation is 1. The molecule has 5 fully saturated rings. The third kappa shape index (κ3) is 2.98. The fraction of sp³-hybridized carbons (Fsp3) is 0.815. The molecule has 5 aliphatic carbocycles. The maximum atomic E-state index is 13.6. The van der Waals surface area contributed by atoms with E-state index < -0.39 is 5.60 Å². The largest absolute Gasteiger partial charge is 0.390 e. The first-order valence-corrected chi connectivity index (χ1v) is 12.9. The summed E-state index contributed by atoms with van der Waals surface area (Å²) in [5.74, 6) is 6.08. The fourth-order valence-corrected chi connectivity index (χ4v) is 9.61. The van der Waals surface area contributed by atoms with Gasteiger partial charge in [-0.3, -0.25) is 4.79 Å². The second-order valence-corrected chi connectivity index (χ2v) is 12.6. The van der Waals surface area contributed by atoms with Gasteiger partial charge in [0.1, 0.15) is 6.54 Å². The first kappa shape index (κ1) is 20.9. The summed E-state index contributed by atoms with van der Waals surface area (Å²) in [5.41, 5.74) is 0.543. The summed E-state index contributed by atoms with van der Waals surface area (Å²) < 4.78 is 1.71. The highest BCUT2D eigenvalue weighted by molar-refractivity contribution is 5.83. The Balaban J connectivity index is 1.22. The van der Waals surface area contributed by atoms with Crippen LogP contribution in [0.5, 0.6) is 0 Å². The zero-order valence-electron chi connectivity index (χ0n) is 19.8. The molecule has 6 rings (SSSR count). The van der Waals surface area contributed by atoms with Crippen LogP contribution in [0.25, 0.3) is 4.85 Å². The van der Waals surface area contributed by atoms with Gasteiger partial charge < -0.3 is 9.95 Å². The molecular formula is C27H37N3O2.